The Bertz CT molecular complexity index is 1040. The summed E-state index contributed by atoms with van der Waals surface area (Å²) in [5.41, 5.74) is 4.57. The second-order valence-electron chi connectivity index (χ2n) is 7.14. The number of aliphatic carboxylic acids is 1. The van der Waals surface area contributed by atoms with Gasteiger partial charge in [-0.3, -0.25) is 4.68 Å². The monoisotopic (exact) mass is 399 g/mol. The summed E-state index contributed by atoms with van der Waals surface area (Å²) < 4.78 is 7.54. The van der Waals surface area contributed by atoms with Crippen LogP contribution in [0.2, 0.25) is 0 Å². The van der Waals surface area contributed by atoms with Gasteiger partial charge in [-0.05, 0) is 52.0 Å². The molecule has 1 N–H and O–H groups in total. The highest BCUT2D eigenvalue weighted by molar-refractivity contribution is 7.19. The average Bonchev–Trinajstić information content (AvgIpc) is 3.29. The third-order valence-electron chi connectivity index (χ3n) is 5.40. The molecule has 0 aliphatic heterocycles. The van der Waals surface area contributed by atoms with Gasteiger partial charge >= 0.3 is 5.97 Å². The maximum atomic E-state index is 12.1. The summed E-state index contributed by atoms with van der Waals surface area (Å²) in [4.78, 5) is 19.3. The van der Waals surface area contributed by atoms with Gasteiger partial charge in [0.2, 0.25) is 0 Å². The lowest BCUT2D eigenvalue weighted by atomic mass is 9.89. The number of rotatable bonds is 6. The van der Waals surface area contributed by atoms with Gasteiger partial charge < -0.3 is 9.84 Å². The number of aromatic nitrogens is 3. The minimum absolute atomic E-state index is 0.323. The molecule has 148 valence electrons. The van der Waals surface area contributed by atoms with Crippen LogP contribution in [-0.2, 0) is 28.9 Å². The third-order valence-corrected chi connectivity index (χ3v) is 6.58. The molecule has 1 aliphatic rings. The summed E-state index contributed by atoms with van der Waals surface area (Å²) in [6.07, 6.45) is 7.23. The Kier molecular flexibility index (Phi) is 5.21. The first-order valence-corrected chi connectivity index (χ1v) is 10.7. The molecule has 7 heteroatoms. The van der Waals surface area contributed by atoms with Crippen LogP contribution in [-0.4, -0.2) is 32.4 Å². The number of carboxylic acid groups (broad SMARTS) is 1. The van der Waals surface area contributed by atoms with Crippen molar-refractivity contribution >= 4 is 27.5 Å². The minimum atomic E-state index is -1.04. The molecule has 0 bridgehead atoms. The van der Waals surface area contributed by atoms with E-state index in [2.05, 4.69) is 5.10 Å². The molecule has 1 aliphatic carbocycles. The molecule has 28 heavy (non-hydrogen) atoms. The molecule has 0 saturated heterocycles. The highest BCUT2D eigenvalue weighted by Crippen LogP contribution is 2.45. The zero-order valence-electron chi connectivity index (χ0n) is 16.5. The fraction of sp³-hybridized carbons (Fsp3) is 0.476. The standard InChI is InChI=1S/C21H25N3O3S/c1-4-24-11-13(10-22-24)17-16(19(21(25)26)27-5-2)12(3)23-20-18(17)14-8-6-7-9-15(14)28-20/h10-11,19H,4-9H2,1-3H3,(H,25,26)/t19-/m0/s1. The molecule has 0 aromatic carbocycles. The van der Waals surface area contributed by atoms with Crippen molar-refractivity contribution in [2.45, 2.75) is 59.1 Å². The largest absolute Gasteiger partial charge is 0.479 e. The number of carboxylic acids is 1. The smallest absolute Gasteiger partial charge is 0.337 e. The molecular weight excluding hydrogens is 374 g/mol. The highest BCUT2D eigenvalue weighted by Gasteiger charge is 2.31. The summed E-state index contributed by atoms with van der Waals surface area (Å²) >= 11 is 1.75. The summed E-state index contributed by atoms with van der Waals surface area (Å²) in [7, 11) is 0. The SMILES string of the molecule is CCO[C@H](C(=O)O)c1c(C)nc2sc3c(c2c1-c1cnn(CC)c1)CCCC3. The highest BCUT2D eigenvalue weighted by atomic mass is 32.1. The zero-order valence-corrected chi connectivity index (χ0v) is 17.3. The lowest BCUT2D eigenvalue weighted by Gasteiger charge is -2.20. The van der Waals surface area contributed by atoms with Gasteiger partial charge in [-0.15, -0.1) is 11.3 Å². The molecule has 4 rings (SSSR count). The van der Waals surface area contributed by atoms with E-state index in [0.717, 1.165) is 47.2 Å². The lowest BCUT2D eigenvalue weighted by molar-refractivity contribution is -0.150. The molecule has 0 amide bonds. The molecule has 3 heterocycles. The van der Waals surface area contributed by atoms with E-state index < -0.39 is 12.1 Å². The number of ether oxygens (including phenoxy) is 1. The normalized spacial score (nSPS) is 15.0. The molecule has 1 atom stereocenters. The van der Waals surface area contributed by atoms with E-state index in [-0.39, 0.29) is 0 Å². The topological polar surface area (TPSA) is 77.2 Å². The molecule has 0 fully saturated rings. The van der Waals surface area contributed by atoms with Crippen molar-refractivity contribution < 1.29 is 14.6 Å². The maximum absolute atomic E-state index is 12.1. The van der Waals surface area contributed by atoms with Crippen LogP contribution in [0.1, 0.15) is 54.5 Å². The Morgan fingerprint density at radius 2 is 2.14 bits per heavy atom. The zero-order chi connectivity index (χ0) is 19.8. The van der Waals surface area contributed by atoms with Gasteiger partial charge in [0.1, 0.15) is 4.83 Å². The van der Waals surface area contributed by atoms with E-state index in [1.54, 1.807) is 11.3 Å². The van der Waals surface area contributed by atoms with E-state index in [0.29, 0.717) is 17.9 Å². The number of hydrogen-bond donors (Lipinski definition) is 1. The Morgan fingerprint density at radius 1 is 1.36 bits per heavy atom. The number of nitrogens with zero attached hydrogens (tertiary/aromatic N) is 3. The second kappa shape index (κ2) is 7.64. The molecule has 6 nitrogen and oxygen atoms in total. The van der Waals surface area contributed by atoms with Gasteiger partial charge in [0, 0.05) is 52.0 Å². The van der Waals surface area contributed by atoms with Gasteiger partial charge in [-0.2, -0.15) is 5.10 Å². The van der Waals surface area contributed by atoms with Crippen molar-refractivity contribution in [3.8, 4) is 11.1 Å². The predicted octanol–water partition coefficient (Wildman–Crippen LogP) is 4.53. The fourth-order valence-electron chi connectivity index (χ4n) is 4.15. The van der Waals surface area contributed by atoms with Crippen molar-refractivity contribution in [2.75, 3.05) is 6.61 Å². The lowest BCUT2D eigenvalue weighted by Crippen LogP contribution is -2.18. The summed E-state index contributed by atoms with van der Waals surface area (Å²) in [6.45, 7) is 6.83. The molecule has 3 aromatic rings. The molecule has 0 saturated carbocycles. The average molecular weight is 400 g/mol. The van der Waals surface area contributed by atoms with Crippen molar-refractivity contribution in [3.63, 3.8) is 0 Å². The van der Waals surface area contributed by atoms with Gasteiger partial charge in [0.25, 0.3) is 0 Å². The summed E-state index contributed by atoms with van der Waals surface area (Å²) in [6, 6.07) is 0. The van der Waals surface area contributed by atoms with Crippen LogP contribution >= 0.6 is 11.3 Å². The van der Waals surface area contributed by atoms with Crippen molar-refractivity contribution in [2.24, 2.45) is 0 Å². The number of fused-ring (bicyclic) bond motifs is 3. The fourth-order valence-corrected chi connectivity index (χ4v) is 5.46. The van der Waals surface area contributed by atoms with Crippen LogP contribution in [0.4, 0.5) is 0 Å². The van der Waals surface area contributed by atoms with E-state index in [1.807, 2.05) is 37.8 Å². The minimum Gasteiger partial charge on any atom is -0.479 e. The van der Waals surface area contributed by atoms with Crippen LogP contribution in [0.3, 0.4) is 0 Å². The van der Waals surface area contributed by atoms with Crippen LogP contribution in [0, 0.1) is 6.92 Å². The first-order chi connectivity index (χ1) is 13.5. The van der Waals surface area contributed by atoms with Gasteiger partial charge in [-0.1, -0.05) is 0 Å². The van der Waals surface area contributed by atoms with E-state index >= 15 is 0 Å². The maximum Gasteiger partial charge on any atom is 0.337 e. The van der Waals surface area contributed by atoms with Crippen LogP contribution in [0.25, 0.3) is 21.3 Å². The van der Waals surface area contributed by atoms with Crippen molar-refractivity contribution in [1.82, 2.24) is 14.8 Å². The summed E-state index contributed by atoms with van der Waals surface area (Å²) in [5, 5.41) is 15.4. The molecule has 3 aromatic heterocycles. The number of aryl methyl sites for hydroxylation is 4. The molecule has 0 unspecified atom stereocenters. The Morgan fingerprint density at radius 3 is 2.82 bits per heavy atom. The Labute approximate surface area is 168 Å². The van der Waals surface area contributed by atoms with Crippen LogP contribution in [0.5, 0.6) is 0 Å². The van der Waals surface area contributed by atoms with Gasteiger partial charge in [0.15, 0.2) is 6.10 Å². The van der Waals surface area contributed by atoms with Gasteiger partial charge in [-0.25, -0.2) is 9.78 Å². The van der Waals surface area contributed by atoms with Crippen molar-refractivity contribution in [1.29, 1.82) is 0 Å². The Balaban J connectivity index is 2.08. The predicted molar refractivity (Wildman–Crippen MR) is 110 cm³/mol. The Hall–Kier alpha value is -2.25. The number of carbonyl (C=O) groups is 1. The quantitative estimate of drug-likeness (QED) is 0.659. The summed E-state index contributed by atoms with van der Waals surface area (Å²) in [5.74, 6) is -0.987. The van der Waals surface area contributed by atoms with E-state index in [4.69, 9.17) is 9.72 Å². The first-order valence-electron chi connectivity index (χ1n) is 9.87. The van der Waals surface area contributed by atoms with E-state index in [1.165, 1.54) is 16.9 Å². The van der Waals surface area contributed by atoms with Crippen LogP contribution in [0.15, 0.2) is 12.4 Å². The van der Waals surface area contributed by atoms with Crippen molar-refractivity contribution in [3.05, 3.63) is 34.1 Å². The van der Waals surface area contributed by atoms with E-state index in [9.17, 15) is 9.90 Å². The molecular formula is C21H25N3O3S. The first kappa shape index (κ1) is 19.1. The second-order valence-corrected chi connectivity index (χ2v) is 8.22. The number of pyridine rings is 1. The molecule has 0 radical (unpaired) electrons. The third kappa shape index (κ3) is 3.12. The number of thiophene rings is 1. The number of hydrogen-bond acceptors (Lipinski definition) is 5. The van der Waals surface area contributed by atoms with Crippen LogP contribution < -0.4 is 0 Å². The van der Waals surface area contributed by atoms with Gasteiger partial charge in [0.05, 0.1) is 6.20 Å². The molecule has 0 spiro atoms.